The van der Waals surface area contributed by atoms with E-state index >= 15 is 0 Å². The maximum absolute atomic E-state index is 14.0. The summed E-state index contributed by atoms with van der Waals surface area (Å²) in [5.41, 5.74) is 0.301. The van der Waals surface area contributed by atoms with E-state index in [1.165, 1.54) is 23.1 Å². The molecule has 1 aromatic carbocycles. The second kappa shape index (κ2) is 9.93. The van der Waals surface area contributed by atoms with E-state index in [0.717, 1.165) is 30.5 Å². The summed E-state index contributed by atoms with van der Waals surface area (Å²) in [6.07, 6.45) is 4.36. The van der Waals surface area contributed by atoms with Gasteiger partial charge in [0.1, 0.15) is 24.2 Å². The molecular weight excluding hydrogens is 427 g/mol. The van der Waals surface area contributed by atoms with Gasteiger partial charge in [0.15, 0.2) is 5.76 Å². The molecule has 1 atom stereocenters. The zero-order valence-electron chi connectivity index (χ0n) is 18.7. The van der Waals surface area contributed by atoms with Crippen LogP contribution in [-0.2, 0) is 16.1 Å². The van der Waals surface area contributed by atoms with E-state index in [1.54, 1.807) is 25.1 Å². The molecule has 2 amide bonds. The van der Waals surface area contributed by atoms with Gasteiger partial charge in [0.05, 0.1) is 0 Å². The van der Waals surface area contributed by atoms with Crippen LogP contribution in [-0.4, -0.2) is 44.1 Å². The Morgan fingerprint density at radius 2 is 2.06 bits per heavy atom. The Morgan fingerprint density at radius 1 is 1.27 bits per heavy atom. The van der Waals surface area contributed by atoms with Crippen molar-refractivity contribution in [3.05, 3.63) is 48.0 Å². The Morgan fingerprint density at radius 3 is 2.73 bits per heavy atom. The van der Waals surface area contributed by atoms with Crippen molar-refractivity contribution in [2.45, 2.75) is 64.6 Å². The van der Waals surface area contributed by atoms with Crippen LogP contribution < -0.4 is 10.2 Å². The average Bonchev–Trinajstić information content (AvgIpc) is 3.54. The summed E-state index contributed by atoms with van der Waals surface area (Å²) in [6, 6.07) is 8.47. The third kappa shape index (κ3) is 5.27. The molecule has 0 saturated heterocycles. The molecule has 0 radical (unpaired) electrons. The first-order chi connectivity index (χ1) is 15.9. The van der Waals surface area contributed by atoms with Gasteiger partial charge in [0, 0.05) is 11.7 Å². The molecule has 0 aliphatic heterocycles. The number of tetrazole rings is 1. The number of furan rings is 1. The largest absolute Gasteiger partial charge is 0.458 e. The third-order valence-corrected chi connectivity index (χ3v) is 5.75. The fourth-order valence-corrected chi connectivity index (χ4v) is 4.14. The Labute approximate surface area is 190 Å². The summed E-state index contributed by atoms with van der Waals surface area (Å²) in [6.45, 7) is 3.36. The van der Waals surface area contributed by atoms with E-state index in [0.29, 0.717) is 23.6 Å². The lowest BCUT2D eigenvalue weighted by molar-refractivity contribution is -0.127. The summed E-state index contributed by atoms with van der Waals surface area (Å²) in [7, 11) is 0. The first kappa shape index (κ1) is 22.6. The second-order valence-electron chi connectivity index (χ2n) is 8.21. The predicted molar refractivity (Wildman–Crippen MR) is 119 cm³/mol. The zero-order chi connectivity index (χ0) is 23.4. The highest BCUT2D eigenvalue weighted by Crippen LogP contribution is 2.23. The van der Waals surface area contributed by atoms with Gasteiger partial charge in [-0.25, -0.2) is 4.39 Å². The minimum absolute atomic E-state index is 0.104. The van der Waals surface area contributed by atoms with Gasteiger partial charge in [-0.05, 0) is 61.7 Å². The standard InChI is InChI=1S/C23H27FN6O3/c1-3-19(23(32)25-17-8-4-5-9-17)30(18-10-6-7-16(24)13-18)21(31)14-29-27-22(26-28-29)20-12-11-15(2)33-20/h6-7,10-13,17,19H,3-5,8-9,14H2,1-2H3,(H,25,32). The van der Waals surface area contributed by atoms with Crippen molar-refractivity contribution in [2.75, 3.05) is 4.90 Å². The second-order valence-corrected chi connectivity index (χ2v) is 8.21. The van der Waals surface area contributed by atoms with Crippen LogP contribution in [0.3, 0.4) is 0 Å². The van der Waals surface area contributed by atoms with Gasteiger partial charge >= 0.3 is 0 Å². The summed E-state index contributed by atoms with van der Waals surface area (Å²) < 4.78 is 19.5. The summed E-state index contributed by atoms with van der Waals surface area (Å²) in [5, 5.41) is 15.2. The predicted octanol–water partition coefficient (Wildman–Crippen LogP) is 3.25. The number of carbonyl (C=O) groups is 2. The number of amides is 2. The molecule has 9 nitrogen and oxygen atoms in total. The summed E-state index contributed by atoms with van der Waals surface area (Å²) >= 11 is 0. The van der Waals surface area contributed by atoms with Gasteiger partial charge in [0.2, 0.25) is 11.7 Å². The lowest BCUT2D eigenvalue weighted by Gasteiger charge is -2.31. The van der Waals surface area contributed by atoms with Gasteiger partial charge in [-0.2, -0.15) is 4.80 Å². The number of halogens is 1. The fourth-order valence-electron chi connectivity index (χ4n) is 4.14. The van der Waals surface area contributed by atoms with Crippen LogP contribution in [0.2, 0.25) is 0 Å². The minimum atomic E-state index is -0.796. The number of hydrogen-bond acceptors (Lipinski definition) is 6. The minimum Gasteiger partial charge on any atom is -0.458 e. The number of nitrogens with zero attached hydrogens (tertiary/aromatic N) is 5. The van der Waals surface area contributed by atoms with Gasteiger partial charge in [-0.1, -0.05) is 25.8 Å². The van der Waals surface area contributed by atoms with Crippen LogP contribution in [0.15, 0.2) is 40.8 Å². The van der Waals surface area contributed by atoms with E-state index in [9.17, 15) is 14.0 Å². The molecule has 1 saturated carbocycles. The maximum atomic E-state index is 14.0. The molecule has 0 spiro atoms. The quantitative estimate of drug-likeness (QED) is 0.560. The first-order valence-electron chi connectivity index (χ1n) is 11.2. The van der Waals surface area contributed by atoms with Crippen LogP contribution in [0, 0.1) is 12.7 Å². The molecule has 1 aliphatic rings. The van der Waals surface area contributed by atoms with E-state index in [1.807, 2.05) is 6.92 Å². The summed E-state index contributed by atoms with van der Waals surface area (Å²) in [5.74, 6) is 0.197. The van der Waals surface area contributed by atoms with Crippen LogP contribution in [0.25, 0.3) is 11.6 Å². The van der Waals surface area contributed by atoms with Crippen molar-refractivity contribution >= 4 is 17.5 Å². The summed E-state index contributed by atoms with van der Waals surface area (Å²) in [4.78, 5) is 29.0. The lowest BCUT2D eigenvalue weighted by atomic mass is 10.1. The van der Waals surface area contributed by atoms with Crippen molar-refractivity contribution in [3.63, 3.8) is 0 Å². The molecule has 1 unspecified atom stereocenters. The SMILES string of the molecule is CCC(C(=O)NC1CCCC1)N(C(=O)Cn1nnc(-c2ccc(C)o2)n1)c1cccc(F)c1. The molecule has 33 heavy (non-hydrogen) atoms. The van der Waals surface area contributed by atoms with Crippen molar-refractivity contribution in [1.29, 1.82) is 0 Å². The van der Waals surface area contributed by atoms with Crippen molar-refractivity contribution < 1.29 is 18.4 Å². The van der Waals surface area contributed by atoms with Gasteiger partial charge in [0.25, 0.3) is 5.91 Å². The number of aryl methyl sites for hydroxylation is 1. The normalized spacial score (nSPS) is 14.9. The number of carbonyl (C=O) groups excluding carboxylic acids is 2. The highest BCUT2D eigenvalue weighted by atomic mass is 19.1. The van der Waals surface area contributed by atoms with E-state index < -0.39 is 17.8 Å². The van der Waals surface area contributed by atoms with Gasteiger partial charge in [-0.3, -0.25) is 14.5 Å². The van der Waals surface area contributed by atoms with Crippen molar-refractivity contribution in [1.82, 2.24) is 25.5 Å². The Balaban J connectivity index is 1.58. The Hall–Kier alpha value is -3.56. The van der Waals surface area contributed by atoms with E-state index in [4.69, 9.17) is 4.42 Å². The highest BCUT2D eigenvalue weighted by molar-refractivity contribution is 6.00. The number of anilines is 1. The maximum Gasteiger partial charge on any atom is 0.251 e. The Bertz CT molecular complexity index is 1120. The molecule has 2 heterocycles. The van der Waals surface area contributed by atoms with E-state index in [2.05, 4.69) is 20.7 Å². The lowest BCUT2D eigenvalue weighted by Crippen LogP contribution is -2.52. The first-order valence-corrected chi connectivity index (χ1v) is 11.2. The average molecular weight is 455 g/mol. The molecule has 1 aliphatic carbocycles. The van der Waals surface area contributed by atoms with E-state index in [-0.39, 0.29) is 24.3 Å². The van der Waals surface area contributed by atoms with Crippen LogP contribution in [0.1, 0.15) is 44.8 Å². The Kier molecular flexibility index (Phi) is 6.81. The molecule has 174 valence electrons. The molecule has 1 fully saturated rings. The fraction of sp³-hybridized carbons (Fsp3) is 0.435. The zero-order valence-corrected chi connectivity index (χ0v) is 18.7. The third-order valence-electron chi connectivity index (χ3n) is 5.75. The number of nitrogens with one attached hydrogen (secondary N) is 1. The molecule has 1 N–H and O–H groups in total. The highest BCUT2D eigenvalue weighted by Gasteiger charge is 2.32. The number of hydrogen-bond donors (Lipinski definition) is 1. The topological polar surface area (TPSA) is 106 Å². The van der Waals surface area contributed by atoms with Crippen LogP contribution >= 0.6 is 0 Å². The van der Waals surface area contributed by atoms with Crippen molar-refractivity contribution in [2.24, 2.45) is 0 Å². The van der Waals surface area contributed by atoms with Gasteiger partial charge in [-0.15, -0.1) is 10.2 Å². The molecular formula is C23H27FN6O3. The van der Waals surface area contributed by atoms with Crippen molar-refractivity contribution in [3.8, 4) is 11.6 Å². The number of rotatable bonds is 8. The smallest absolute Gasteiger partial charge is 0.251 e. The molecule has 2 aromatic heterocycles. The van der Waals surface area contributed by atoms with Crippen LogP contribution in [0.5, 0.6) is 0 Å². The molecule has 10 heteroatoms. The molecule has 3 aromatic rings. The van der Waals surface area contributed by atoms with Gasteiger partial charge < -0.3 is 9.73 Å². The van der Waals surface area contributed by atoms with Crippen LogP contribution in [0.4, 0.5) is 10.1 Å². The monoisotopic (exact) mass is 454 g/mol. The molecule has 4 rings (SSSR count). The molecule has 0 bridgehead atoms. The number of aromatic nitrogens is 4. The number of benzene rings is 1.